The second-order valence-corrected chi connectivity index (χ2v) is 8.00. The van der Waals surface area contributed by atoms with E-state index in [1.54, 1.807) is 12.1 Å². The lowest BCUT2D eigenvalue weighted by Crippen LogP contribution is -2.29. The van der Waals surface area contributed by atoms with Crippen LogP contribution in [0.3, 0.4) is 0 Å². The summed E-state index contributed by atoms with van der Waals surface area (Å²) in [7, 11) is 1.39. The molecule has 1 fully saturated rings. The Morgan fingerprint density at radius 2 is 1.94 bits per heavy atom. The Bertz CT molecular complexity index is 1110. The van der Waals surface area contributed by atoms with Crippen LogP contribution in [0.25, 0.3) is 5.69 Å². The third-order valence-electron chi connectivity index (χ3n) is 5.87. The van der Waals surface area contributed by atoms with E-state index in [-0.39, 0.29) is 18.1 Å². The molecule has 160 valence electrons. The Kier molecular flexibility index (Phi) is 5.78. The Morgan fingerprint density at radius 1 is 1.19 bits per heavy atom. The van der Waals surface area contributed by atoms with Crippen molar-refractivity contribution in [1.82, 2.24) is 19.8 Å². The fourth-order valence-electron chi connectivity index (χ4n) is 4.43. The topological polar surface area (TPSA) is 59.4 Å². The van der Waals surface area contributed by atoms with Gasteiger partial charge < -0.3 is 19.5 Å². The van der Waals surface area contributed by atoms with Crippen LogP contribution in [0.15, 0.2) is 54.7 Å². The molecule has 6 nitrogen and oxygen atoms in total. The van der Waals surface area contributed by atoms with Gasteiger partial charge in [0.15, 0.2) is 5.11 Å². The Morgan fingerprint density at radius 3 is 2.55 bits per heavy atom. The first-order valence-corrected chi connectivity index (χ1v) is 10.7. The molecule has 1 aliphatic heterocycles. The molecule has 2 atom stereocenters. The van der Waals surface area contributed by atoms with Gasteiger partial charge in [0.2, 0.25) is 0 Å². The summed E-state index contributed by atoms with van der Waals surface area (Å²) in [4.78, 5) is 18.6. The second kappa shape index (κ2) is 8.51. The van der Waals surface area contributed by atoms with Gasteiger partial charge in [-0.1, -0.05) is 6.07 Å². The van der Waals surface area contributed by atoms with Gasteiger partial charge in [-0.05, 0) is 81.0 Å². The van der Waals surface area contributed by atoms with E-state index in [4.69, 9.17) is 17.0 Å². The number of nitrogens with one attached hydrogen (secondary N) is 1. The average molecular weight is 435 g/mol. The molecule has 0 radical (unpaired) electrons. The summed E-state index contributed by atoms with van der Waals surface area (Å²) >= 11 is 5.66. The van der Waals surface area contributed by atoms with Crippen LogP contribution in [0.4, 0.5) is 0 Å². The third kappa shape index (κ3) is 3.70. The van der Waals surface area contributed by atoms with Crippen molar-refractivity contribution in [2.75, 3.05) is 13.7 Å². The lowest BCUT2D eigenvalue weighted by atomic mass is 9.97. The molecular weight excluding hydrogens is 408 g/mol. The zero-order valence-corrected chi connectivity index (χ0v) is 18.9. The van der Waals surface area contributed by atoms with Crippen molar-refractivity contribution in [3.05, 3.63) is 82.9 Å². The van der Waals surface area contributed by atoms with E-state index in [2.05, 4.69) is 46.6 Å². The quantitative estimate of drug-likeness (QED) is 0.478. The molecule has 3 aromatic rings. The molecule has 1 N–H and O–H groups in total. The van der Waals surface area contributed by atoms with Crippen molar-refractivity contribution in [1.29, 1.82) is 0 Å². The molecule has 0 bridgehead atoms. The number of carbonyl (C=O) groups is 1. The maximum absolute atomic E-state index is 11.8. The monoisotopic (exact) mass is 434 g/mol. The zero-order valence-electron chi connectivity index (χ0n) is 18.1. The number of hydrogen-bond acceptors (Lipinski definition) is 4. The van der Waals surface area contributed by atoms with Crippen LogP contribution < -0.4 is 5.32 Å². The smallest absolute Gasteiger partial charge is 0.337 e. The molecule has 0 aliphatic carbocycles. The number of aromatic nitrogens is 2. The Labute approximate surface area is 187 Å². The van der Waals surface area contributed by atoms with Crippen LogP contribution in [0.2, 0.25) is 0 Å². The molecular formula is C24H26N4O2S. The average Bonchev–Trinajstić information content (AvgIpc) is 3.28. The minimum absolute atomic E-state index is 0.0238. The van der Waals surface area contributed by atoms with Crippen molar-refractivity contribution in [3.63, 3.8) is 0 Å². The van der Waals surface area contributed by atoms with Crippen LogP contribution in [0, 0.1) is 13.8 Å². The largest absolute Gasteiger partial charge is 0.465 e. The van der Waals surface area contributed by atoms with Gasteiger partial charge >= 0.3 is 5.97 Å². The molecule has 31 heavy (non-hydrogen) atoms. The SMILES string of the molecule is CCN1C(=S)N[C@@H](c2ccccn2)[C@@H]1c1cc(C)n(-c2ccc(C(=O)OC)cc2)c1C. The molecule has 0 unspecified atom stereocenters. The van der Waals surface area contributed by atoms with E-state index in [0.717, 1.165) is 34.4 Å². The van der Waals surface area contributed by atoms with Gasteiger partial charge in [-0.2, -0.15) is 0 Å². The summed E-state index contributed by atoms with van der Waals surface area (Å²) in [6, 6.07) is 15.7. The summed E-state index contributed by atoms with van der Waals surface area (Å²) in [5.74, 6) is -0.337. The van der Waals surface area contributed by atoms with E-state index >= 15 is 0 Å². The number of benzene rings is 1. The molecule has 4 rings (SSSR count). The molecule has 0 spiro atoms. The highest BCUT2D eigenvalue weighted by atomic mass is 32.1. The third-order valence-corrected chi connectivity index (χ3v) is 6.23. The zero-order chi connectivity index (χ0) is 22.1. The highest BCUT2D eigenvalue weighted by Crippen LogP contribution is 2.41. The van der Waals surface area contributed by atoms with E-state index < -0.39 is 0 Å². The summed E-state index contributed by atoms with van der Waals surface area (Å²) in [5.41, 5.74) is 5.97. The van der Waals surface area contributed by atoms with Crippen molar-refractivity contribution in [2.24, 2.45) is 0 Å². The number of nitrogens with zero attached hydrogens (tertiary/aromatic N) is 3. The van der Waals surface area contributed by atoms with Crippen LogP contribution in [-0.4, -0.2) is 39.2 Å². The van der Waals surface area contributed by atoms with Gasteiger partial charge in [-0.15, -0.1) is 0 Å². The first kappa shape index (κ1) is 21.1. The lowest BCUT2D eigenvalue weighted by Gasteiger charge is -2.27. The minimum Gasteiger partial charge on any atom is -0.465 e. The van der Waals surface area contributed by atoms with E-state index in [1.165, 1.54) is 12.7 Å². The molecule has 0 saturated carbocycles. The van der Waals surface area contributed by atoms with Crippen molar-refractivity contribution < 1.29 is 9.53 Å². The molecule has 1 aromatic carbocycles. The number of thiocarbonyl (C=S) groups is 1. The Balaban J connectivity index is 1.77. The van der Waals surface area contributed by atoms with Gasteiger partial charge in [0.1, 0.15) is 0 Å². The van der Waals surface area contributed by atoms with Crippen LogP contribution in [0.5, 0.6) is 0 Å². The number of aryl methyl sites for hydroxylation is 1. The highest BCUT2D eigenvalue weighted by molar-refractivity contribution is 7.80. The summed E-state index contributed by atoms with van der Waals surface area (Å²) < 4.78 is 7.02. The maximum atomic E-state index is 11.8. The predicted molar refractivity (Wildman–Crippen MR) is 124 cm³/mol. The number of hydrogen-bond donors (Lipinski definition) is 1. The Hall–Kier alpha value is -3.19. The molecule has 1 saturated heterocycles. The van der Waals surface area contributed by atoms with Gasteiger partial charge in [-0.25, -0.2) is 4.79 Å². The van der Waals surface area contributed by atoms with E-state index in [0.29, 0.717) is 5.56 Å². The number of methoxy groups -OCH3 is 1. The number of pyridine rings is 1. The van der Waals surface area contributed by atoms with Crippen LogP contribution in [0.1, 0.15) is 52.0 Å². The van der Waals surface area contributed by atoms with E-state index in [1.807, 2.05) is 36.5 Å². The van der Waals surface area contributed by atoms with Crippen molar-refractivity contribution >= 4 is 23.3 Å². The number of rotatable bonds is 5. The molecule has 3 heterocycles. The fourth-order valence-corrected chi connectivity index (χ4v) is 4.80. The van der Waals surface area contributed by atoms with Crippen molar-refractivity contribution in [3.8, 4) is 5.69 Å². The molecule has 1 aliphatic rings. The van der Waals surface area contributed by atoms with Gasteiger partial charge in [0.05, 0.1) is 30.5 Å². The standard InChI is InChI=1S/C24H26N4O2S/c1-5-27-22(21(26-24(27)31)20-8-6-7-13-25-20)19-14-15(2)28(16(19)3)18-11-9-17(10-12-18)23(29)30-4/h6-14,21-22H,5H2,1-4H3,(H,26,31)/t21-,22-/m0/s1. The number of esters is 1. The normalized spacial score (nSPS) is 18.2. The first-order valence-electron chi connectivity index (χ1n) is 10.3. The summed E-state index contributed by atoms with van der Waals surface area (Å²) in [6.07, 6.45) is 1.82. The molecule has 0 amide bonds. The minimum atomic E-state index is -0.337. The number of carbonyl (C=O) groups excluding carboxylic acids is 1. The van der Waals surface area contributed by atoms with Gasteiger partial charge in [-0.3, -0.25) is 4.98 Å². The number of likely N-dealkylation sites (N-methyl/N-ethyl adjacent to an activating group) is 1. The van der Waals surface area contributed by atoms with Crippen LogP contribution >= 0.6 is 12.2 Å². The highest BCUT2D eigenvalue weighted by Gasteiger charge is 2.40. The van der Waals surface area contributed by atoms with Crippen molar-refractivity contribution in [2.45, 2.75) is 32.9 Å². The first-order chi connectivity index (χ1) is 15.0. The molecule has 2 aromatic heterocycles. The fraction of sp³-hybridized carbons (Fsp3) is 0.292. The van der Waals surface area contributed by atoms with Gasteiger partial charge in [0, 0.05) is 29.8 Å². The lowest BCUT2D eigenvalue weighted by molar-refractivity contribution is 0.0600. The second-order valence-electron chi connectivity index (χ2n) is 7.61. The van der Waals surface area contributed by atoms with Crippen LogP contribution in [-0.2, 0) is 4.74 Å². The maximum Gasteiger partial charge on any atom is 0.337 e. The summed E-state index contributed by atoms with van der Waals surface area (Å²) in [5, 5.41) is 4.22. The van der Waals surface area contributed by atoms with E-state index in [9.17, 15) is 4.79 Å². The van der Waals surface area contributed by atoms with Gasteiger partial charge in [0.25, 0.3) is 0 Å². The summed E-state index contributed by atoms with van der Waals surface area (Å²) in [6.45, 7) is 7.14. The number of ether oxygens (including phenoxy) is 1. The predicted octanol–water partition coefficient (Wildman–Crippen LogP) is 4.27. The molecule has 7 heteroatoms.